The number of aliphatic hydroxyl groups is 1. The van der Waals surface area contributed by atoms with Gasteiger partial charge in [0.25, 0.3) is 17.4 Å². The van der Waals surface area contributed by atoms with Crippen molar-refractivity contribution < 1.29 is 19.6 Å². The smallest absolute Gasteiger partial charge is 0.295 e. The zero-order valence-corrected chi connectivity index (χ0v) is 21.0. The molecule has 1 amide bonds. The van der Waals surface area contributed by atoms with Gasteiger partial charge in [0.15, 0.2) is 0 Å². The maximum absolute atomic E-state index is 13.3. The van der Waals surface area contributed by atoms with E-state index in [1.165, 1.54) is 35.4 Å². The molecule has 37 heavy (non-hydrogen) atoms. The third-order valence-electron chi connectivity index (χ3n) is 6.78. The van der Waals surface area contributed by atoms with E-state index in [4.69, 9.17) is 0 Å². The van der Waals surface area contributed by atoms with Crippen molar-refractivity contribution in [2.45, 2.75) is 26.8 Å². The number of Topliss-reactive ketones (excluding diaryl/α,β-unsaturated/α-hetero) is 1. The van der Waals surface area contributed by atoms with Crippen LogP contribution in [0.3, 0.4) is 0 Å². The van der Waals surface area contributed by atoms with Gasteiger partial charge in [0.2, 0.25) is 0 Å². The third-order valence-corrected chi connectivity index (χ3v) is 6.78. The molecular weight excluding hydrogens is 474 g/mol. The number of nitrogens with zero attached hydrogens (tertiary/aromatic N) is 5. The summed E-state index contributed by atoms with van der Waals surface area (Å²) < 4.78 is 1.65. The molecule has 1 saturated heterocycles. The lowest BCUT2D eigenvalue weighted by Gasteiger charge is -2.28. The number of carbonyl (C=O) groups is 2. The second-order valence-corrected chi connectivity index (χ2v) is 8.76. The predicted octanol–water partition coefficient (Wildman–Crippen LogP) is 3.85. The Morgan fingerprint density at radius 1 is 1.08 bits per heavy atom. The number of nitro benzene ring substituents is 1. The van der Waals surface area contributed by atoms with Crippen LogP contribution in [0.4, 0.5) is 5.69 Å². The summed E-state index contributed by atoms with van der Waals surface area (Å²) >= 11 is 0. The molecule has 1 aromatic heterocycles. The SMILES string of the molecule is CCN(CC)CCN1C(=O)C(=O)C(=C(O)c2cnn(-c3ccccc3)c2C)C1c1ccc([N+](=O)[O-])cc1. The number of benzene rings is 2. The van der Waals surface area contributed by atoms with Gasteiger partial charge < -0.3 is 14.9 Å². The summed E-state index contributed by atoms with van der Waals surface area (Å²) in [7, 11) is 0. The number of nitro groups is 1. The number of rotatable bonds is 9. The largest absolute Gasteiger partial charge is 0.507 e. The van der Waals surface area contributed by atoms with Gasteiger partial charge in [-0.25, -0.2) is 4.68 Å². The van der Waals surface area contributed by atoms with Crippen molar-refractivity contribution >= 4 is 23.1 Å². The highest BCUT2D eigenvalue weighted by molar-refractivity contribution is 6.46. The second kappa shape index (κ2) is 10.8. The van der Waals surface area contributed by atoms with Crippen LogP contribution in [0.25, 0.3) is 11.4 Å². The highest BCUT2D eigenvalue weighted by Crippen LogP contribution is 2.40. The van der Waals surface area contributed by atoms with Crippen molar-refractivity contribution in [1.29, 1.82) is 0 Å². The minimum Gasteiger partial charge on any atom is -0.507 e. The molecule has 2 aromatic carbocycles. The zero-order valence-electron chi connectivity index (χ0n) is 21.0. The van der Waals surface area contributed by atoms with E-state index in [0.717, 1.165) is 18.8 Å². The maximum atomic E-state index is 13.3. The van der Waals surface area contributed by atoms with Crippen molar-refractivity contribution in [1.82, 2.24) is 19.6 Å². The summed E-state index contributed by atoms with van der Waals surface area (Å²) in [6, 6.07) is 14.2. The number of aromatic nitrogens is 2. The molecule has 1 aliphatic heterocycles. The average molecular weight is 504 g/mol. The molecule has 0 aliphatic carbocycles. The topological polar surface area (TPSA) is 122 Å². The Hall–Kier alpha value is -4.31. The van der Waals surface area contributed by atoms with Crippen LogP contribution in [0, 0.1) is 17.0 Å². The monoisotopic (exact) mass is 503 g/mol. The van der Waals surface area contributed by atoms with E-state index in [9.17, 15) is 24.8 Å². The molecule has 192 valence electrons. The standard InChI is InChI=1S/C27H29N5O5/c1-4-29(5-2)15-16-30-24(19-11-13-21(14-12-19)32(36)37)23(26(34)27(30)35)25(33)22-17-28-31(18(22)3)20-9-7-6-8-10-20/h6-14,17,24,33H,4-5,15-16H2,1-3H3. The summed E-state index contributed by atoms with van der Waals surface area (Å²) in [4.78, 5) is 40.7. The first-order valence-corrected chi connectivity index (χ1v) is 12.1. The molecule has 1 aliphatic rings. The molecule has 10 nitrogen and oxygen atoms in total. The zero-order chi connectivity index (χ0) is 26.7. The van der Waals surface area contributed by atoms with E-state index in [2.05, 4.69) is 10.00 Å². The summed E-state index contributed by atoms with van der Waals surface area (Å²) in [6.45, 7) is 8.14. The molecule has 1 unspecified atom stereocenters. The van der Waals surface area contributed by atoms with Crippen LogP contribution in [0.15, 0.2) is 66.4 Å². The van der Waals surface area contributed by atoms with Crippen molar-refractivity contribution in [3.05, 3.63) is 93.3 Å². The van der Waals surface area contributed by atoms with Gasteiger partial charge in [-0.1, -0.05) is 32.0 Å². The Bertz CT molecular complexity index is 1340. The lowest BCUT2D eigenvalue weighted by atomic mass is 9.95. The molecule has 1 fully saturated rings. The number of likely N-dealkylation sites (N-methyl/N-ethyl adjacent to an activating group) is 1. The van der Waals surface area contributed by atoms with Crippen LogP contribution < -0.4 is 0 Å². The fourth-order valence-electron chi connectivity index (χ4n) is 4.64. The molecule has 0 bridgehead atoms. The highest BCUT2D eigenvalue weighted by atomic mass is 16.6. The Labute approximate surface area is 214 Å². The lowest BCUT2D eigenvalue weighted by Crippen LogP contribution is -2.38. The van der Waals surface area contributed by atoms with E-state index in [-0.39, 0.29) is 23.6 Å². The van der Waals surface area contributed by atoms with Crippen molar-refractivity contribution in [2.24, 2.45) is 0 Å². The van der Waals surface area contributed by atoms with E-state index in [0.29, 0.717) is 23.4 Å². The Morgan fingerprint density at radius 3 is 2.32 bits per heavy atom. The van der Waals surface area contributed by atoms with Gasteiger partial charge in [-0.05, 0) is 49.8 Å². The number of carbonyl (C=O) groups excluding carboxylic acids is 2. The molecule has 3 aromatic rings. The normalized spacial score (nSPS) is 17.1. The predicted molar refractivity (Wildman–Crippen MR) is 138 cm³/mol. The van der Waals surface area contributed by atoms with E-state index >= 15 is 0 Å². The van der Waals surface area contributed by atoms with Crippen LogP contribution in [0.1, 0.15) is 36.7 Å². The molecule has 1 atom stereocenters. The van der Waals surface area contributed by atoms with Crippen LogP contribution in [0.2, 0.25) is 0 Å². The fraction of sp³-hybridized carbons (Fsp3) is 0.296. The molecule has 10 heteroatoms. The number of hydrogen-bond donors (Lipinski definition) is 1. The maximum Gasteiger partial charge on any atom is 0.295 e. The van der Waals surface area contributed by atoms with Crippen LogP contribution in [0.5, 0.6) is 0 Å². The van der Waals surface area contributed by atoms with Gasteiger partial charge in [-0.15, -0.1) is 0 Å². The van der Waals surface area contributed by atoms with Crippen LogP contribution >= 0.6 is 0 Å². The quantitative estimate of drug-likeness (QED) is 0.155. The minimum atomic E-state index is -0.893. The number of aliphatic hydroxyl groups excluding tert-OH is 1. The van der Waals surface area contributed by atoms with Gasteiger partial charge in [-0.3, -0.25) is 19.7 Å². The summed E-state index contributed by atoms with van der Waals surface area (Å²) in [6.07, 6.45) is 1.47. The summed E-state index contributed by atoms with van der Waals surface area (Å²) in [5.74, 6) is -1.84. The van der Waals surface area contributed by atoms with Gasteiger partial charge >= 0.3 is 0 Å². The minimum absolute atomic E-state index is 0.0610. The number of amides is 1. The summed E-state index contributed by atoms with van der Waals surface area (Å²) in [5, 5.41) is 27.0. The average Bonchev–Trinajstić information content (AvgIpc) is 3.42. The van der Waals surface area contributed by atoms with E-state index in [1.807, 2.05) is 44.2 Å². The second-order valence-electron chi connectivity index (χ2n) is 8.76. The van der Waals surface area contributed by atoms with Crippen LogP contribution in [-0.4, -0.2) is 67.5 Å². The van der Waals surface area contributed by atoms with E-state index in [1.54, 1.807) is 11.6 Å². The molecule has 0 spiro atoms. The van der Waals surface area contributed by atoms with E-state index < -0.39 is 22.7 Å². The molecule has 4 rings (SSSR count). The molecule has 2 heterocycles. The first kappa shape index (κ1) is 25.8. The number of non-ortho nitro benzene ring substituents is 1. The third kappa shape index (κ3) is 4.88. The molecule has 1 N–H and O–H groups in total. The fourth-order valence-corrected chi connectivity index (χ4v) is 4.64. The number of hydrogen-bond acceptors (Lipinski definition) is 7. The van der Waals surface area contributed by atoms with Gasteiger partial charge in [0.05, 0.1) is 39.7 Å². The number of ketones is 1. The van der Waals surface area contributed by atoms with Gasteiger partial charge in [0, 0.05) is 25.2 Å². The highest BCUT2D eigenvalue weighted by Gasteiger charge is 2.46. The van der Waals surface area contributed by atoms with Crippen molar-refractivity contribution in [3.8, 4) is 5.69 Å². The number of para-hydroxylation sites is 1. The molecular formula is C27H29N5O5. The first-order chi connectivity index (χ1) is 17.8. The van der Waals surface area contributed by atoms with Crippen LogP contribution in [-0.2, 0) is 9.59 Å². The first-order valence-electron chi connectivity index (χ1n) is 12.1. The Balaban J connectivity index is 1.82. The molecule has 0 saturated carbocycles. The van der Waals surface area contributed by atoms with Crippen molar-refractivity contribution in [2.75, 3.05) is 26.2 Å². The van der Waals surface area contributed by atoms with Gasteiger partial charge in [-0.2, -0.15) is 5.10 Å². The summed E-state index contributed by atoms with van der Waals surface area (Å²) in [5.41, 5.74) is 2.04. The van der Waals surface area contributed by atoms with Crippen molar-refractivity contribution in [3.63, 3.8) is 0 Å². The Morgan fingerprint density at radius 2 is 1.73 bits per heavy atom. The molecule has 0 radical (unpaired) electrons. The number of likely N-dealkylation sites (tertiary alicyclic amines) is 1. The Kier molecular flexibility index (Phi) is 7.49. The lowest BCUT2D eigenvalue weighted by molar-refractivity contribution is -0.384. The van der Waals surface area contributed by atoms with Gasteiger partial charge in [0.1, 0.15) is 5.76 Å².